The first kappa shape index (κ1) is 24.0. The minimum absolute atomic E-state index is 0.0584. The molecule has 2 aromatic carbocycles. The molecule has 180 valence electrons. The quantitative estimate of drug-likeness (QED) is 0.324. The van der Waals surface area contributed by atoms with E-state index in [1.54, 1.807) is 49.8 Å². The number of phenolic OH excluding ortho intramolecular Hbond substituents is 1. The number of pyridine rings is 2. The van der Waals surface area contributed by atoms with Gasteiger partial charge in [0, 0.05) is 36.1 Å². The van der Waals surface area contributed by atoms with E-state index in [9.17, 15) is 14.7 Å². The van der Waals surface area contributed by atoms with Gasteiger partial charge in [-0.3, -0.25) is 9.78 Å². The third-order valence-corrected chi connectivity index (χ3v) is 6.18. The van der Waals surface area contributed by atoms with Gasteiger partial charge in [-0.05, 0) is 46.7 Å². The molecule has 0 saturated carbocycles. The van der Waals surface area contributed by atoms with Gasteiger partial charge in [0.2, 0.25) is 0 Å². The third kappa shape index (κ3) is 4.62. The fourth-order valence-corrected chi connectivity index (χ4v) is 4.42. The lowest BCUT2D eigenvalue weighted by Crippen LogP contribution is -2.29. The van der Waals surface area contributed by atoms with Gasteiger partial charge in [0.15, 0.2) is 0 Å². The number of benzene rings is 2. The molecule has 7 heteroatoms. The Balaban J connectivity index is 1.85. The van der Waals surface area contributed by atoms with E-state index in [0.717, 1.165) is 16.8 Å². The monoisotopic (exact) mass is 470 g/mol. The third-order valence-electron chi connectivity index (χ3n) is 6.18. The molecule has 0 saturated heterocycles. The highest BCUT2D eigenvalue weighted by atomic mass is 16.3. The van der Waals surface area contributed by atoms with Gasteiger partial charge >= 0.3 is 6.03 Å². The van der Waals surface area contributed by atoms with E-state index in [4.69, 9.17) is 0 Å². The summed E-state index contributed by atoms with van der Waals surface area (Å²) in [5.74, 6) is 0.459. The van der Waals surface area contributed by atoms with E-state index in [1.807, 2.05) is 18.2 Å². The summed E-state index contributed by atoms with van der Waals surface area (Å²) in [4.78, 5) is 31.0. The van der Waals surface area contributed by atoms with Crippen molar-refractivity contribution in [2.45, 2.75) is 39.5 Å². The van der Waals surface area contributed by atoms with Crippen LogP contribution in [0, 0.1) is 0 Å². The molecular weight excluding hydrogens is 440 g/mol. The molecule has 0 radical (unpaired) electrons. The Morgan fingerprint density at radius 1 is 0.943 bits per heavy atom. The molecule has 2 aromatic heterocycles. The van der Waals surface area contributed by atoms with Crippen LogP contribution in [-0.2, 0) is 7.05 Å². The lowest BCUT2D eigenvalue weighted by Gasteiger charge is -2.21. The van der Waals surface area contributed by atoms with Crippen LogP contribution in [0.25, 0.3) is 22.0 Å². The minimum Gasteiger partial charge on any atom is -0.508 e. The summed E-state index contributed by atoms with van der Waals surface area (Å²) in [7, 11) is 1.66. The smallest absolute Gasteiger partial charge is 0.323 e. The zero-order chi connectivity index (χ0) is 25.3. The van der Waals surface area contributed by atoms with Crippen molar-refractivity contribution in [2.24, 2.45) is 7.05 Å². The molecule has 0 aliphatic heterocycles. The Morgan fingerprint density at radius 2 is 1.57 bits per heavy atom. The normalized spacial score (nSPS) is 11.3. The largest absolute Gasteiger partial charge is 0.508 e. The molecule has 0 aliphatic carbocycles. The summed E-state index contributed by atoms with van der Waals surface area (Å²) in [5, 5.41) is 16.6. The first-order valence-electron chi connectivity index (χ1n) is 11.7. The number of aromatic nitrogens is 2. The van der Waals surface area contributed by atoms with Crippen molar-refractivity contribution in [3.05, 3.63) is 82.4 Å². The van der Waals surface area contributed by atoms with E-state index < -0.39 is 6.03 Å². The standard InChI is InChI=1S/C28H30N4O3/c1-16(2)20-10-7-11-21(17(3)4)25(20)30-28(35)31-26-24(18-8-6-9-19(33)14-18)22-15-29-13-12-23(22)32(5)27(26)34/h6-17,33H,1-5H3,(H2,30,31,35). The Morgan fingerprint density at radius 3 is 2.20 bits per heavy atom. The lowest BCUT2D eigenvalue weighted by molar-refractivity contribution is 0.262. The molecule has 4 aromatic rings. The number of hydrogen-bond acceptors (Lipinski definition) is 4. The highest BCUT2D eigenvalue weighted by Crippen LogP contribution is 2.35. The number of nitrogens with zero attached hydrogens (tertiary/aromatic N) is 2. The van der Waals surface area contributed by atoms with E-state index in [2.05, 4.69) is 43.3 Å². The molecule has 2 amide bonds. The number of hydrogen-bond donors (Lipinski definition) is 3. The predicted molar refractivity (Wildman–Crippen MR) is 141 cm³/mol. The van der Waals surface area contributed by atoms with Crippen molar-refractivity contribution in [3.8, 4) is 16.9 Å². The average Bonchev–Trinajstić information content (AvgIpc) is 2.82. The van der Waals surface area contributed by atoms with Gasteiger partial charge in [0.1, 0.15) is 11.4 Å². The van der Waals surface area contributed by atoms with Crippen LogP contribution in [0.2, 0.25) is 0 Å². The number of carbonyl (C=O) groups is 1. The van der Waals surface area contributed by atoms with Crippen molar-refractivity contribution >= 4 is 28.3 Å². The van der Waals surface area contributed by atoms with E-state index in [-0.39, 0.29) is 28.8 Å². The van der Waals surface area contributed by atoms with Crippen molar-refractivity contribution in [1.82, 2.24) is 9.55 Å². The van der Waals surface area contributed by atoms with Crippen LogP contribution in [0.15, 0.2) is 65.7 Å². The summed E-state index contributed by atoms with van der Waals surface area (Å²) in [6.07, 6.45) is 3.27. The topological polar surface area (TPSA) is 96.2 Å². The van der Waals surface area contributed by atoms with Gasteiger partial charge < -0.3 is 20.3 Å². The second-order valence-corrected chi connectivity index (χ2v) is 9.26. The molecule has 35 heavy (non-hydrogen) atoms. The first-order valence-corrected chi connectivity index (χ1v) is 11.7. The van der Waals surface area contributed by atoms with Gasteiger partial charge in [-0.15, -0.1) is 0 Å². The number of aromatic hydroxyl groups is 1. The summed E-state index contributed by atoms with van der Waals surface area (Å²) in [6.45, 7) is 8.31. The van der Waals surface area contributed by atoms with Crippen LogP contribution >= 0.6 is 0 Å². The Labute approximate surface area is 204 Å². The Kier molecular flexibility index (Phi) is 6.60. The summed E-state index contributed by atoms with van der Waals surface area (Å²) in [6, 6.07) is 13.9. The van der Waals surface area contributed by atoms with Crippen LogP contribution < -0.4 is 16.2 Å². The van der Waals surface area contributed by atoms with Crippen LogP contribution in [-0.4, -0.2) is 20.7 Å². The number of nitrogens with one attached hydrogen (secondary N) is 2. The first-order chi connectivity index (χ1) is 16.7. The van der Waals surface area contributed by atoms with Gasteiger partial charge in [-0.2, -0.15) is 0 Å². The molecule has 0 aliphatic rings. The van der Waals surface area contributed by atoms with Crippen molar-refractivity contribution < 1.29 is 9.90 Å². The zero-order valence-electron chi connectivity index (χ0n) is 20.6. The fourth-order valence-electron chi connectivity index (χ4n) is 4.42. The SMILES string of the molecule is CC(C)c1cccc(C(C)C)c1NC(=O)Nc1c(-c2cccc(O)c2)c2cnccc2n(C)c1=O. The molecule has 0 spiro atoms. The van der Waals surface area contributed by atoms with Crippen molar-refractivity contribution in [3.63, 3.8) is 0 Å². The zero-order valence-corrected chi connectivity index (χ0v) is 20.6. The van der Waals surface area contributed by atoms with E-state index in [0.29, 0.717) is 22.0 Å². The predicted octanol–water partition coefficient (Wildman–Crippen LogP) is 6.20. The van der Waals surface area contributed by atoms with Gasteiger partial charge in [-0.25, -0.2) is 4.79 Å². The number of rotatable bonds is 5. The molecule has 4 rings (SSSR count). The molecule has 0 fully saturated rings. The number of para-hydroxylation sites is 1. The molecule has 0 unspecified atom stereocenters. The van der Waals surface area contributed by atoms with Crippen LogP contribution in [0.5, 0.6) is 5.75 Å². The molecule has 7 nitrogen and oxygen atoms in total. The molecule has 0 bridgehead atoms. The number of phenols is 1. The van der Waals surface area contributed by atoms with E-state index in [1.165, 1.54) is 4.57 Å². The summed E-state index contributed by atoms with van der Waals surface area (Å²) >= 11 is 0. The van der Waals surface area contributed by atoms with Crippen LogP contribution in [0.4, 0.5) is 16.2 Å². The highest BCUT2D eigenvalue weighted by Gasteiger charge is 2.21. The number of fused-ring (bicyclic) bond motifs is 1. The molecule has 2 heterocycles. The summed E-state index contributed by atoms with van der Waals surface area (Å²) < 4.78 is 1.49. The number of urea groups is 1. The fraction of sp³-hybridized carbons (Fsp3) is 0.250. The second kappa shape index (κ2) is 9.62. The van der Waals surface area contributed by atoms with Crippen LogP contribution in [0.3, 0.4) is 0 Å². The maximum absolute atomic E-state index is 13.4. The maximum Gasteiger partial charge on any atom is 0.323 e. The Hall–Kier alpha value is -4.13. The minimum atomic E-state index is -0.512. The molecule has 3 N–H and O–H groups in total. The van der Waals surface area contributed by atoms with Gasteiger partial charge in [0.25, 0.3) is 5.56 Å². The maximum atomic E-state index is 13.4. The van der Waals surface area contributed by atoms with Crippen molar-refractivity contribution in [2.75, 3.05) is 10.6 Å². The number of anilines is 2. The van der Waals surface area contributed by atoms with Gasteiger partial charge in [0.05, 0.1) is 5.52 Å². The number of amides is 2. The number of aryl methyl sites for hydroxylation is 1. The van der Waals surface area contributed by atoms with E-state index >= 15 is 0 Å². The highest BCUT2D eigenvalue weighted by molar-refractivity contribution is 6.08. The summed E-state index contributed by atoms with van der Waals surface area (Å²) in [5.41, 5.74) is 4.33. The lowest BCUT2D eigenvalue weighted by atomic mass is 9.93. The van der Waals surface area contributed by atoms with Gasteiger partial charge in [-0.1, -0.05) is 58.0 Å². The molecular formula is C28H30N4O3. The second-order valence-electron chi connectivity index (χ2n) is 9.26. The van der Waals surface area contributed by atoms with Crippen molar-refractivity contribution in [1.29, 1.82) is 0 Å². The average molecular weight is 471 g/mol. The number of carbonyl (C=O) groups excluding carboxylic acids is 1. The Bertz CT molecular complexity index is 1450. The van der Waals surface area contributed by atoms with Crippen LogP contribution in [0.1, 0.15) is 50.7 Å². The molecule has 0 atom stereocenters.